The van der Waals surface area contributed by atoms with Crippen molar-refractivity contribution in [2.45, 2.75) is 83.0 Å². The minimum absolute atomic E-state index is 0.292. The summed E-state index contributed by atoms with van der Waals surface area (Å²) in [7, 11) is 0. The number of halogens is 3. The van der Waals surface area contributed by atoms with Gasteiger partial charge >= 0.3 is 6.18 Å². The zero-order valence-corrected chi connectivity index (χ0v) is 13.8. The Labute approximate surface area is 136 Å². The fourth-order valence-corrected chi connectivity index (χ4v) is 4.32. The van der Waals surface area contributed by atoms with E-state index in [9.17, 15) is 13.2 Å². The molecule has 0 amide bonds. The number of hydrogen-bond donors (Lipinski definition) is 0. The van der Waals surface area contributed by atoms with Crippen molar-refractivity contribution in [3.63, 3.8) is 0 Å². The number of rotatable bonds is 5. The molecule has 1 nitrogen and oxygen atoms in total. The van der Waals surface area contributed by atoms with Crippen molar-refractivity contribution in [3.8, 4) is 0 Å². The van der Waals surface area contributed by atoms with E-state index in [0.717, 1.165) is 51.4 Å². The van der Waals surface area contributed by atoms with Gasteiger partial charge in [-0.2, -0.15) is 13.2 Å². The SMILES string of the molecule is CCCCCc1[c]ccc(N2C3CCCC2CC3)c1C(F)(F)F. The molecule has 0 spiro atoms. The topological polar surface area (TPSA) is 3.24 Å². The number of fused-ring (bicyclic) bond motifs is 2. The number of benzene rings is 1. The number of unbranched alkanes of at least 4 members (excludes halogenated alkanes) is 2. The lowest BCUT2D eigenvalue weighted by atomic mass is 9.95. The summed E-state index contributed by atoms with van der Waals surface area (Å²) >= 11 is 0. The predicted molar refractivity (Wildman–Crippen MR) is 86.6 cm³/mol. The quantitative estimate of drug-likeness (QED) is 0.622. The van der Waals surface area contributed by atoms with Gasteiger partial charge in [-0.15, -0.1) is 0 Å². The van der Waals surface area contributed by atoms with E-state index in [-0.39, 0.29) is 0 Å². The summed E-state index contributed by atoms with van der Waals surface area (Å²) in [6.07, 6.45) is 4.21. The number of piperidine rings is 1. The number of hydrogen-bond acceptors (Lipinski definition) is 1. The molecule has 0 N–H and O–H groups in total. The number of anilines is 1. The first-order chi connectivity index (χ1) is 11.0. The molecule has 2 heterocycles. The van der Waals surface area contributed by atoms with Gasteiger partial charge in [0.2, 0.25) is 0 Å². The first kappa shape index (κ1) is 16.7. The summed E-state index contributed by atoms with van der Waals surface area (Å²) in [5.41, 5.74) is 0.346. The van der Waals surface area contributed by atoms with Crippen LogP contribution < -0.4 is 4.90 Å². The van der Waals surface area contributed by atoms with Crippen LogP contribution in [0.25, 0.3) is 0 Å². The van der Waals surface area contributed by atoms with E-state index in [4.69, 9.17) is 0 Å². The summed E-state index contributed by atoms with van der Waals surface area (Å²) in [6, 6.07) is 6.81. The molecule has 2 saturated heterocycles. The Morgan fingerprint density at radius 1 is 1.13 bits per heavy atom. The van der Waals surface area contributed by atoms with E-state index in [2.05, 4.69) is 17.9 Å². The van der Waals surface area contributed by atoms with Gasteiger partial charge in [-0.25, -0.2) is 0 Å². The monoisotopic (exact) mass is 324 g/mol. The molecular weight excluding hydrogens is 299 g/mol. The van der Waals surface area contributed by atoms with Crippen molar-refractivity contribution in [3.05, 3.63) is 29.3 Å². The molecule has 2 unspecified atom stereocenters. The van der Waals surface area contributed by atoms with E-state index in [1.165, 1.54) is 0 Å². The van der Waals surface area contributed by atoms with Gasteiger partial charge in [0, 0.05) is 17.8 Å². The first-order valence-electron chi connectivity index (χ1n) is 8.91. The van der Waals surface area contributed by atoms with Gasteiger partial charge in [-0.3, -0.25) is 0 Å². The molecule has 0 aromatic heterocycles. The third-order valence-corrected chi connectivity index (χ3v) is 5.34. The van der Waals surface area contributed by atoms with Crippen LogP contribution >= 0.6 is 0 Å². The van der Waals surface area contributed by atoms with Crippen molar-refractivity contribution >= 4 is 5.69 Å². The molecule has 2 aliphatic rings. The Balaban J connectivity index is 1.97. The largest absolute Gasteiger partial charge is 0.418 e. The Hall–Kier alpha value is -1.19. The lowest BCUT2D eigenvalue weighted by molar-refractivity contribution is -0.137. The van der Waals surface area contributed by atoms with Crippen LogP contribution in [0.15, 0.2) is 12.1 Å². The molecule has 127 valence electrons. The van der Waals surface area contributed by atoms with Crippen molar-refractivity contribution in [2.75, 3.05) is 4.90 Å². The van der Waals surface area contributed by atoms with Crippen molar-refractivity contribution in [1.29, 1.82) is 0 Å². The lowest BCUT2D eigenvalue weighted by Gasteiger charge is -2.38. The third kappa shape index (κ3) is 3.36. The Morgan fingerprint density at radius 2 is 1.83 bits per heavy atom. The van der Waals surface area contributed by atoms with Crippen LogP contribution in [-0.2, 0) is 12.6 Å². The number of aryl methyl sites for hydroxylation is 1. The highest BCUT2D eigenvalue weighted by atomic mass is 19.4. The van der Waals surface area contributed by atoms with Gasteiger partial charge in [0.15, 0.2) is 0 Å². The minimum Gasteiger partial charge on any atom is -0.365 e. The standard InChI is InChI=1S/C19H25F3N/c1-2-3-4-7-14-8-5-11-17(18(14)19(20,21)22)23-15-9-6-10-16(23)13-12-15/h5,11,15-16H,2-4,6-7,9-10,12-13H2,1H3. The average molecular weight is 324 g/mol. The highest BCUT2D eigenvalue weighted by Gasteiger charge is 2.43. The van der Waals surface area contributed by atoms with Crippen molar-refractivity contribution < 1.29 is 13.2 Å². The van der Waals surface area contributed by atoms with Gasteiger partial charge in [-0.05, 0) is 62.6 Å². The smallest absolute Gasteiger partial charge is 0.365 e. The number of alkyl halides is 3. The van der Waals surface area contributed by atoms with Crippen molar-refractivity contribution in [2.24, 2.45) is 0 Å². The molecular formula is C19H25F3N. The Morgan fingerprint density at radius 3 is 2.43 bits per heavy atom. The fraction of sp³-hybridized carbons (Fsp3) is 0.684. The maximum Gasteiger partial charge on any atom is 0.418 e. The molecule has 2 aliphatic heterocycles. The lowest BCUT2D eigenvalue weighted by Crippen LogP contribution is -2.41. The van der Waals surface area contributed by atoms with Gasteiger partial charge in [0.1, 0.15) is 0 Å². The molecule has 1 aromatic rings. The Bertz CT molecular complexity index is 522. The predicted octanol–water partition coefficient (Wildman–Crippen LogP) is 5.76. The molecule has 23 heavy (non-hydrogen) atoms. The summed E-state index contributed by atoms with van der Waals surface area (Å²) < 4.78 is 41.4. The minimum atomic E-state index is -4.30. The van der Waals surface area contributed by atoms with Crippen LogP contribution in [0, 0.1) is 6.07 Å². The zero-order valence-electron chi connectivity index (χ0n) is 13.8. The van der Waals surface area contributed by atoms with Crippen LogP contribution in [0.2, 0.25) is 0 Å². The highest BCUT2D eigenvalue weighted by molar-refractivity contribution is 5.60. The zero-order chi connectivity index (χ0) is 16.4. The fourth-order valence-electron chi connectivity index (χ4n) is 4.32. The van der Waals surface area contributed by atoms with E-state index < -0.39 is 11.7 Å². The van der Waals surface area contributed by atoms with E-state index in [1.54, 1.807) is 12.1 Å². The average Bonchev–Trinajstić information content (AvgIpc) is 2.75. The van der Waals surface area contributed by atoms with E-state index in [0.29, 0.717) is 29.8 Å². The van der Waals surface area contributed by atoms with Crippen LogP contribution in [0.1, 0.15) is 69.4 Å². The Kier molecular flexibility index (Phi) is 4.88. The van der Waals surface area contributed by atoms with E-state index in [1.807, 2.05) is 0 Å². The molecule has 1 radical (unpaired) electrons. The molecule has 2 atom stereocenters. The highest BCUT2D eigenvalue weighted by Crippen LogP contribution is 2.46. The second kappa shape index (κ2) is 6.74. The van der Waals surface area contributed by atoms with Gasteiger partial charge < -0.3 is 4.90 Å². The molecule has 0 saturated carbocycles. The van der Waals surface area contributed by atoms with Crippen LogP contribution in [-0.4, -0.2) is 12.1 Å². The summed E-state index contributed by atoms with van der Waals surface area (Å²) in [4.78, 5) is 2.09. The molecule has 4 heteroatoms. The first-order valence-corrected chi connectivity index (χ1v) is 8.91. The summed E-state index contributed by atoms with van der Waals surface area (Å²) in [5, 5.41) is 0. The molecule has 2 bridgehead atoms. The normalized spacial score (nSPS) is 24.3. The van der Waals surface area contributed by atoms with Gasteiger partial charge in [-0.1, -0.05) is 25.8 Å². The molecule has 3 rings (SSSR count). The second-order valence-corrected chi connectivity index (χ2v) is 6.89. The van der Waals surface area contributed by atoms with E-state index >= 15 is 0 Å². The van der Waals surface area contributed by atoms with Gasteiger partial charge in [0.05, 0.1) is 5.56 Å². The molecule has 0 aliphatic carbocycles. The number of nitrogens with zero attached hydrogens (tertiary/aromatic N) is 1. The second-order valence-electron chi connectivity index (χ2n) is 6.89. The third-order valence-electron chi connectivity index (χ3n) is 5.34. The molecule has 2 fully saturated rings. The van der Waals surface area contributed by atoms with Crippen LogP contribution in [0.5, 0.6) is 0 Å². The maximum atomic E-state index is 13.8. The summed E-state index contributed by atoms with van der Waals surface area (Å²) in [5.74, 6) is 0. The van der Waals surface area contributed by atoms with Crippen molar-refractivity contribution in [1.82, 2.24) is 0 Å². The molecule has 1 aromatic carbocycles. The van der Waals surface area contributed by atoms with Crippen LogP contribution in [0.4, 0.5) is 18.9 Å². The summed E-state index contributed by atoms with van der Waals surface area (Å²) in [6.45, 7) is 2.07. The maximum absolute atomic E-state index is 13.8. The van der Waals surface area contributed by atoms with Crippen LogP contribution in [0.3, 0.4) is 0 Å². The van der Waals surface area contributed by atoms with Gasteiger partial charge in [0.25, 0.3) is 0 Å².